The average molecular weight is 329 g/mol. The molecule has 0 unspecified atom stereocenters. The van der Waals surface area contributed by atoms with E-state index >= 15 is 0 Å². The predicted molar refractivity (Wildman–Crippen MR) is 95.6 cm³/mol. The maximum atomic E-state index is 12.7. The molecule has 122 valence electrons. The van der Waals surface area contributed by atoms with E-state index < -0.39 is 0 Å². The van der Waals surface area contributed by atoms with Crippen LogP contribution in [0, 0.1) is 6.92 Å². The van der Waals surface area contributed by atoms with Crippen molar-refractivity contribution >= 4 is 18.1 Å². The monoisotopic (exact) mass is 329 g/mol. The van der Waals surface area contributed by atoms with Crippen molar-refractivity contribution in [3.8, 4) is 0 Å². The van der Waals surface area contributed by atoms with Gasteiger partial charge in [0.2, 0.25) is 0 Å². The standard InChI is InChI=1S/C20H15N3O2/c1-13-17(12-16-11-15-9-5-6-10-18(15)21-16)20(25)23(22-13)19(24)14-7-3-2-4-8-14/h2-12,22H,1H3. The van der Waals surface area contributed by atoms with Gasteiger partial charge in [0, 0.05) is 16.5 Å². The quantitative estimate of drug-likeness (QED) is 0.776. The number of carbonyl (C=O) groups is 1. The number of carbonyl (C=O) groups excluding carboxylic acids is 1. The van der Waals surface area contributed by atoms with Gasteiger partial charge in [-0.05, 0) is 37.3 Å². The Morgan fingerprint density at radius 2 is 1.80 bits per heavy atom. The summed E-state index contributed by atoms with van der Waals surface area (Å²) < 4.78 is 1.04. The van der Waals surface area contributed by atoms with Crippen LogP contribution in [0.5, 0.6) is 0 Å². The van der Waals surface area contributed by atoms with Crippen LogP contribution in [-0.4, -0.2) is 15.7 Å². The van der Waals surface area contributed by atoms with Gasteiger partial charge in [-0.25, -0.2) is 4.99 Å². The van der Waals surface area contributed by atoms with Crippen LogP contribution < -0.4 is 16.1 Å². The summed E-state index contributed by atoms with van der Waals surface area (Å²) >= 11 is 0. The average Bonchev–Trinajstić information content (AvgIpc) is 3.17. The lowest BCUT2D eigenvalue weighted by atomic mass is 10.2. The summed E-state index contributed by atoms with van der Waals surface area (Å²) in [5.74, 6) is -0.381. The van der Waals surface area contributed by atoms with Gasteiger partial charge in [-0.1, -0.05) is 36.4 Å². The van der Waals surface area contributed by atoms with E-state index in [-0.39, 0.29) is 11.5 Å². The number of aromatic nitrogens is 2. The molecule has 5 heteroatoms. The maximum Gasteiger partial charge on any atom is 0.281 e. The number of aryl methyl sites for hydroxylation is 1. The molecule has 0 saturated heterocycles. The van der Waals surface area contributed by atoms with E-state index in [2.05, 4.69) is 10.1 Å². The summed E-state index contributed by atoms with van der Waals surface area (Å²) in [5, 5.41) is 4.75. The first-order valence-corrected chi connectivity index (χ1v) is 7.92. The van der Waals surface area contributed by atoms with Gasteiger partial charge in [-0.15, -0.1) is 0 Å². The van der Waals surface area contributed by atoms with Crippen molar-refractivity contribution in [3.63, 3.8) is 0 Å². The minimum atomic E-state index is -0.381. The molecule has 0 spiro atoms. The Hall–Kier alpha value is -3.47. The molecular formula is C20H15N3O2. The Bertz CT molecular complexity index is 1140. The van der Waals surface area contributed by atoms with Crippen LogP contribution in [0.25, 0.3) is 12.2 Å². The fraction of sp³-hybridized carbons (Fsp3) is 0.0500. The first-order chi connectivity index (χ1) is 12.1. The van der Waals surface area contributed by atoms with Gasteiger partial charge in [0.05, 0.1) is 16.6 Å². The van der Waals surface area contributed by atoms with E-state index in [0.29, 0.717) is 22.5 Å². The second-order valence-corrected chi connectivity index (χ2v) is 5.85. The molecule has 5 nitrogen and oxygen atoms in total. The van der Waals surface area contributed by atoms with Crippen LogP contribution in [0.4, 0.5) is 0 Å². The van der Waals surface area contributed by atoms with E-state index in [1.54, 1.807) is 37.3 Å². The fourth-order valence-corrected chi connectivity index (χ4v) is 2.85. The summed E-state index contributed by atoms with van der Waals surface area (Å²) in [4.78, 5) is 29.7. The topological polar surface area (TPSA) is 67.2 Å². The van der Waals surface area contributed by atoms with Gasteiger partial charge >= 0.3 is 0 Å². The Morgan fingerprint density at radius 3 is 2.56 bits per heavy atom. The van der Waals surface area contributed by atoms with E-state index in [4.69, 9.17) is 0 Å². The van der Waals surface area contributed by atoms with E-state index in [1.807, 2.05) is 36.4 Å². The third-order valence-electron chi connectivity index (χ3n) is 4.12. The summed E-state index contributed by atoms with van der Waals surface area (Å²) in [6.07, 6.45) is 3.63. The molecule has 3 aromatic rings. The van der Waals surface area contributed by atoms with E-state index in [9.17, 15) is 9.59 Å². The number of nitrogens with zero attached hydrogens (tertiary/aromatic N) is 2. The number of rotatable bonds is 2. The van der Waals surface area contributed by atoms with Crippen LogP contribution in [0.1, 0.15) is 21.6 Å². The maximum absolute atomic E-state index is 12.7. The smallest absolute Gasteiger partial charge is 0.281 e. The molecule has 0 radical (unpaired) electrons. The number of benzene rings is 2. The fourth-order valence-electron chi connectivity index (χ4n) is 2.85. The molecule has 0 atom stereocenters. The zero-order valence-corrected chi connectivity index (χ0v) is 13.6. The summed E-state index contributed by atoms with van der Waals surface area (Å²) in [6.45, 7) is 1.77. The van der Waals surface area contributed by atoms with Crippen LogP contribution in [0.15, 0.2) is 70.1 Å². The van der Waals surface area contributed by atoms with Crippen molar-refractivity contribution in [2.75, 3.05) is 0 Å². The third-order valence-corrected chi connectivity index (χ3v) is 4.12. The third kappa shape index (κ3) is 2.65. The van der Waals surface area contributed by atoms with Gasteiger partial charge in [-0.3, -0.25) is 14.7 Å². The molecule has 0 aliphatic carbocycles. The number of allylic oxidation sites excluding steroid dienone is 1. The van der Waals surface area contributed by atoms with Crippen LogP contribution in [0.2, 0.25) is 0 Å². The first-order valence-electron chi connectivity index (χ1n) is 7.92. The highest BCUT2D eigenvalue weighted by atomic mass is 16.2. The molecule has 0 fully saturated rings. The van der Waals surface area contributed by atoms with Crippen molar-refractivity contribution in [1.29, 1.82) is 0 Å². The molecule has 2 aromatic carbocycles. The van der Waals surface area contributed by atoms with Crippen molar-refractivity contribution in [1.82, 2.24) is 9.78 Å². The lowest BCUT2D eigenvalue weighted by Crippen LogP contribution is -2.26. The van der Waals surface area contributed by atoms with Crippen LogP contribution >= 0.6 is 0 Å². The largest absolute Gasteiger partial charge is 0.292 e. The molecular weight excluding hydrogens is 314 g/mol. The Morgan fingerprint density at radius 1 is 1.08 bits per heavy atom. The Labute approximate surface area is 143 Å². The van der Waals surface area contributed by atoms with Gasteiger partial charge in [-0.2, -0.15) is 4.68 Å². The zero-order valence-electron chi connectivity index (χ0n) is 13.6. The molecule has 0 bridgehead atoms. The lowest BCUT2D eigenvalue weighted by molar-refractivity contribution is 0.0941. The molecule has 0 amide bonds. The SMILES string of the molecule is Cc1[nH]n(C(=O)c2ccccc2)c(=O)c1C=C1C=c2ccccc2=N1. The predicted octanol–water partition coefficient (Wildman–Crippen LogP) is 1.63. The number of para-hydroxylation sites is 1. The Kier molecular flexibility index (Phi) is 3.54. The van der Waals surface area contributed by atoms with Crippen molar-refractivity contribution in [2.45, 2.75) is 6.92 Å². The Balaban J connectivity index is 1.77. The summed E-state index contributed by atoms with van der Waals surface area (Å²) in [7, 11) is 0. The minimum absolute atomic E-state index is 0.376. The van der Waals surface area contributed by atoms with Crippen molar-refractivity contribution < 1.29 is 4.79 Å². The molecule has 1 aromatic heterocycles. The number of nitrogens with one attached hydrogen (secondary N) is 1. The van der Waals surface area contributed by atoms with Crippen LogP contribution in [-0.2, 0) is 0 Å². The number of fused-ring (bicyclic) bond motifs is 1. The van der Waals surface area contributed by atoms with Crippen molar-refractivity contribution in [2.24, 2.45) is 4.99 Å². The number of hydrogen-bond acceptors (Lipinski definition) is 3. The van der Waals surface area contributed by atoms with E-state index in [1.165, 1.54) is 0 Å². The molecule has 1 aliphatic rings. The van der Waals surface area contributed by atoms with Crippen molar-refractivity contribution in [3.05, 3.63) is 98.0 Å². The lowest BCUT2D eigenvalue weighted by Gasteiger charge is -1.99. The molecule has 2 heterocycles. The minimum Gasteiger partial charge on any atom is -0.292 e. The molecule has 1 aliphatic heterocycles. The highest BCUT2D eigenvalue weighted by Gasteiger charge is 2.16. The molecule has 1 N–H and O–H groups in total. The second-order valence-electron chi connectivity index (χ2n) is 5.85. The zero-order chi connectivity index (χ0) is 17.4. The van der Waals surface area contributed by atoms with E-state index in [0.717, 1.165) is 15.3 Å². The highest BCUT2D eigenvalue weighted by Crippen LogP contribution is 2.11. The molecule has 4 rings (SSSR count). The van der Waals surface area contributed by atoms with Gasteiger partial charge in [0.1, 0.15) is 0 Å². The van der Waals surface area contributed by atoms with Crippen LogP contribution in [0.3, 0.4) is 0 Å². The number of hydrogen-bond donors (Lipinski definition) is 1. The number of aromatic amines is 1. The first kappa shape index (κ1) is 15.1. The van der Waals surface area contributed by atoms with Gasteiger partial charge in [0.15, 0.2) is 0 Å². The molecule has 0 saturated carbocycles. The molecule has 25 heavy (non-hydrogen) atoms. The summed E-state index contributed by atoms with van der Waals surface area (Å²) in [6, 6.07) is 16.5. The number of H-pyrrole nitrogens is 1. The van der Waals surface area contributed by atoms with Gasteiger partial charge in [0.25, 0.3) is 11.5 Å². The summed E-state index contributed by atoms with van der Waals surface area (Å²) in [5.41, 5.74) is 1.83. The second kappa shape index (κ2) is 5.87. The normalized spacial score (nSPS) is 14.0. The van der Waals surface area contributed by atoms with Gasteiger partial charge < -0.3 is 0 Å². The highest BCUT2D eigenvalue weighted by molar-refractivity contribution is 5.95.